The summed E-state index contributed by atoms with van der Waals surface area (Å²) in [5.41, 5.74) is 0.475. The van der Waals surface area contributed by atoms with Crippen molar-refractivity contribution in [2.75, 3.05) is 18.0 Å². The summed E-state index contributed by atoms with van der Waals surface area (Å²) < 4.78 is 41.1. The minimum Gasteiger partial charge on any atom is -0.371 e. The zero-order chi connectivity index (χ0) is 24.9. The Morgan fingerprint density at radius 1 is 0.471 bits per heavy atom. The molecular weight excluding hydrogens is 431 g/mol. The molecule has 1 rings (SSSR count). The highest BCUT2D eigenvalue weighted by Gasteiger charge is 2.14. The van der Waals surface area contributed by atoms with Gasteiger partial charge in [-0.3, -0.25) is 0 Å². The van der Waals surface area contributed by atoms with Crippen molar-refractivity contribution < 1.29 is 13.2 Å². The van der Waals surface area contributed by atoms with Crippen LogP contribution in [0.25, 0.3) is 0 Å². The van der Waals surface area contributed by atoms with Gasteiger partial charge in [-0.05, 0) is 12.8 Å². The lowest BCUT2D eigenvalue weighted by atomic mass is 10.1. The molecule has 0 aliphatic carbocycles. The molecule has 0 bridgehead atoms. The third kappa shape index (κ3) is 14.9. The fourth-order valence-corrected chi connectivity index (χ4v) is 4.67. The van der Waals surface area contributed by atoms with Crippen LogP contribution in [-0.4, -0.2) is 13.1 Å². The molecule has 0 heterocycles. The molecule has 0 saturated carbocycles. The molecular formula is C30H52F3N. The third-order valence-electron chi connectivity index (χ3n) is 6.90. The van der Waals surface area contributed by atoms with Crippen LogP contribution in [0.5, 0.6) is 0 Å². The number of benzene rings is 1. The van der Waals surface area contributed by atoms with Gasteiger partial charge >= 0.3 is 0 Å². The highest BCUT2D eigenvalue weighted by molar-refractivity contribution is 5.47. The van der Waals surface area contributed by atoms with E-state index in [9.17, 15) is 13.2 Å². The van der Waals surface area contributed by atoms with Crippen molar-refractivity contribution in [2.45, 2.75) is 142 Å². The summed E-state index contributed by atoms with van der Waals surface area (Å²) in [4.78, 5) is 2.06. The second kappa shape index (κ2) is 21.1. The number of hydrogen-bond donors (Lipinski definition) is 0. The normalized spacial score (nSPS) is 11.3. The van der Waals surface area contributed by atoms with E-state index in [2.05, 4.69) is 18.7 Å². The third-order valence-corrected chi connectivity index (χ3v) is 6.90. The zero-order valence-corrected chi connectivity index (χ0v) is 22.3. The van der Waals surface area contributed by atoms with E-state index in [1.165, 1.54) is 103 Å². The highest BCUT2D eigenvalue weighted by atomic mass is 19.2. The van der Waals surface area contributed by atoms with Gasteiger partial charge in [-0.15, -0.1) is 0 Å². The minimum atomic E-state index is -1.37. The van der Waals surface area contributed by atoms with Gasteiger partial charge in [0.15, 0.2) is 17.5 Å². The first-order valence-corrected chi connectivity index (χ1v) is 14.5. The molecule has 0 aliphatic heterocycles. The molecule has 0 saturated heterocycles. The summed E-state index contributed by atoms with van der Waals surface area (Å²) in [6, 6.07) is 2.32. The SMILES string of the molecule is CCCCCCCCCCCCN(CCCCCCCCCCCC)c1cc(F)c(F)c(F)c1. The molecule has 1 aromatic rings. The smallest absolute Gasteiger partial charge is 0.194 e. The lowest BCUT2D eigenvalue weighted by molar-refractivity contribution is 0.446. The molecule has 0 aromatic heterocycles. The van der Waals surface area contributed by atoms with Crippen molar-refractivity contribution in [3.63, 3.8) is 0 Å². The first-order valence-electron chi connectivity index (χ1n) is 14.5. The molecule has 0 N–H and O–H groups in total. The van der Waals surface area contributed by atoms with Crippen molar-refractivity contribution in [1.29, 1.82) is 0 Å². The topological polar surface area (TPSA) is 3.24 Å². The van der Waals surface area contributed by atoms with Crippen LogP contribution in [-0.2, 0) is 0 Å². The van der Waals surface area contributed by atoms with Gasteiger partial charge in [0.05, 0.1) is 0 Å². The average Bonchev–Trinajstić information content (AvgIpc) is 2.83. The van der Waals surface area contributed by atoms with E-state index in [-0.39, 0.29) is 0 Å². The van der Waals surface area contributed by atoms with Crippen molar-refractivity contribution in [1.82, 2.24) is 0 Å². The monoisotopic (exact) mass is 483 g/mol. The number of anilines is 1. The van der Waals surface area contributed by atoms with Gasteiger partial charge in [0, 0.05) is 30.9 Å². The molecule has 34 heavy (non-hydrogen) atoms. The summed E-state index contributed by atoms with van der Waals surface area (Å²) in [6.45, 7) is 6.04. The minimum absolute atomic E-state index is 0.475. The van der Waals surface area contributed by atoms with E-state index in [0.717, 1.165) is 50.9 Å². The Kier molecular flexibility index (Phi) is 19.2. The van der Waals surface area contributed by atoms with Gasteiger partial charge in [0.2, 0.25) is 0 Å². The first-order chi connectivity index (χ1) is 16.6. The van der Waals surface area contributed by atoms with Gasteiger partial charge in [0.1, 0.15) is 0 Å². The summed E-state index contributed by atoms with van der Waals surface area (Å²) in [6.07, 6.45) is 25.2. The average molecular weight is 484 g/mol. The first kappa shape index (κ1) is 30.8. The van der Waals surface area contributed by atoms with Gasteiger partial charge < -0.3 is 4.90 Å². The Morgan fingerprint density at radius 2 is 0.765 bits per heavy atom. The van der Waals surface area contributed by atoms with Crippen LogP contribution < -0.4 is 4.90 Å². The second-order valence-electron chi connectivity index (χ2n) is 10.1. The van der Waals surface area contributed by atoms with Crippen LogP contribution in [0.3, 0.4) is 0 Å². The van der Waals surface area contributed by atoms with Crippen LogP contribution in [0, 0.1) is 17.5 Å². The summed E-state index contributed by atoms with van der Waals surface area (Å²) in [7, 11) is 0. The Balaban J connectivity index is 2.32. The molecule has 0 spiro atoms. The van der Waals surface area contributed by atoms with Gasteiger partial charge in [0.25, 0.3) is 0 Å². The molecule has 0 amide bonds. The van der Waals surface area contributed by atoms with Crippen LogP contribution in [0.2, 0.25) is 0 Å². The maximum atomic E-state index is 13.8. The van der Waals surface area contributed by atoms with E-state index in [0.29, 0.717) is 5.69 Å². The maximum Gasteiger partial charge on any atom is 0.194 e. The molecule has 0 fully saturated rings. The number of unbranched alkanes of at least 4 members (excludes halogenated alkanes) is 18. The largest absolute Gasteiger partial charge is 0.371 e. The molecule has 0 atom stereocenters. The Bertz CT molecular complexity index is 558. The summed E-state index contributed by atoms with van der Waals surface area (Å²) in [5, 5.41) is 0. The number of rotatable bonds is 23. The van der Waals surface area contributed by atoms with E-state index in [1.807, 2.05) is 0 Å². The number of halogens is 3. The molecule has 1 nitrogen and oxygen atoms in total. The van der Waals surface area contributed by atoms with Crippen molar-refractivity contribution in [3.8, 4) is 0 Å². The summed E-state index contributed by atoms with van der Waals surface area (Å²) in [5.74, 6) is -3.56. The van der Waals surface area contributed by atoms with Gasteiger partial charge in [-0.1, -0.05) is 129 Å². The molecule has 0 radical (unpaired) electrons. The van der Waals surface area contributed by atoms with Crippen LogP contribution in [0.15, 0.2) is 12.1 Å². The van der Waals surface area contributed by atoms with E-state index in [4.69, 9.17) is 0 Å². The molecule has 198 valence electrons. The standard InChI is InChI=1S/C30H52F3N/c1-3-5-7-9-11-13-15-17-19-21-23-34(27-25-28(31)30(33)29(32)26-27)24-22-20-18-16-14-12-10-8-6-4-2/h25-26H,3-24H2,1-2H3. The van der Waals surface area contributed by atoms with E-state index < -0.39 is 17.5 Å². The maximum absolute atomic E-state index is 13.8. The number of nitrogens with zero attached hydrogens (tertiary/aromatic N) is 1. The Hall–Kier alpha value is -1.19. The molecule has 1 aromatic carbocycles. The summed E-state index contributed by atoms with van der Waals surface area (Å²) >= 11 is 0. The van der Waals surface area contributed by atoms with E-state index in [1.54, 1.807) is 0 Å². The molecule has 0 aliphatic rings. The van der Waals surface area contributed by atoms with E-state index >= 15 is 0 Å². The van der Waals surface area contributed by atoms with Gasteiger partial charge in [-0.2, -0.15) is 0 Å². The number of hydrogen-bond acceptors (Lipinski definition) is 1. The Morgan fingerprint density at radius 3 is 1.09 bits per heavy atom. The van der Waals surface area contributed by atoms with Gasteiger partial charge in [-0.25, -0.2) is 13.2 Å². The molecule has 4 heteroatoms. The highest BCUT2D eigenvalue weighted by Crippen LogP contribution is 2.23. The fourth-order valence-electron chi connectivity index (χ4n) is 4.67. The predicted molar refractivity (Wildman–Crippen MR) is 142 cm³/mol. The van der Waals surface area contributed by atoms with Crippen molar-refractivity contribution >= 4 is 5.69 Å². The fraction of sp³-hybridized carbons (Fsp3) is 0.800. The quantitative estimate of drug-likeness (QED) is 0.110. The zero-order valence-electron chi connectivity index (χ0n) is 22.3. The Labute approximate surface area is 208 Å². The predicted octanol–water partition coefficient (Wildman–Crippen LogP) is 10.8. The van der Waals surface area contributed by atoms with Crippen LogP contribution in [0.1, 0.15) is 142 Å². The van der Waals surface area contributed by atoms with Crippen LogP contribution >= 0.6 is 0 Å². The van der Waals surface area contributed by atoms with Crippen LogP contribution in [0.4, 0.5) is 18.9 Å². The lowest BCUT2D eigenvalue weighted by Gasteiger charge is -2.25. The lowest BCUT2D eigenvalue weighted by Crippen LogP contribution is -2.26. The van der Waals surface area contributed by atoms with Crippen molar-refractivity contribution in [2.24, 2.45) is 0 Å². The molecule has 0 unspecified atom stereocenters. The van der Waals surface area contributed by atoms with Crippen molar-refractivity contribution in [3.05, 3.63) is 29.6 Å². The second-order valence-corrected chi connectivity index (χ2v) is 10.1.